The number of fused-ring (bicyclic) bond motifs is 4. The van der Waals surface area contributed by atoms with Crippen molar-refractivity contribution >= 4 is 5.97 Å². The van der Waals surface area contributed by atoms with E-state index in [9.17, 15) is 14.7 Å². The highest BCUT2D eigenvalue weighted by atomic mass is 16.5. The second-order valence-corrected chi connectivity index (χ2v) is 7.08. The van der Waals surface area contributed by atoms with Gasteiger partial charge in [0.05, 0.1) is 19.9 Å². The van der Waals surface area contributed by atoms with Gasteiger partial charge >= 0.3 is 5.97 Å². The molecule has 1 spiro atoms. The van der Waals surface area contributed by atoms with Gasteiger partial charge in [-0.2, -0.15) is 0 Å². The van der Waals surface area contributed by atoms with Crippen LogP contribution in [-0.2, 0) is 12.0 Å². The zero-order valence-corrected chi connectivity index (χ0v) is 14.9. The third-order valence-corrected chi connectivity index (χ3v) is 5.73. The number of benzene rings is 1. The molecule has 2 aromatic rings. The molecule has 1 aliphatic carbocycles. The van der Waals surface area contributed by atoms with Crippen molar-refractivity contribution in [3.63, 3.8) is 0 Å². The zero-order chi connectivity index (χ0) is 18.5. The molecule has 1 aromatic heterocycles. The minimum absolute atomic E-state index is 0.177. The number of ether oxygens (including phenoxy) is 2. The van der Waals surface area contributed by atoms with Crippen molar-refractivity contribution in [2.45, 2.75) is 37.6 Å². The van der Waals surface area contributed by atoms with E-state index < -0.39 is 11.4 Å². The lowest BCUT2D eigenvalue weighted by Crippen LogP contribution is -2.38. The average molecular weight is 355 g/mol. The maximum absolute atomic E-state index is 12.4. The Morgan fingerprint density at radius 3 is 2.38 bits per heavy atom. The molecule has 6 heteroatoms. The average Bonchev–Trinajstić information content (AvgIpc) is 3.09. The van der Waals surface area contributed by atoms with Gasteiger partial charge in [0.1, 0.15) is 5.56 Å². The molecule has 0 atom stereocenters. The molecule has 0 radical (unpaired) electrons. The number of methoxy groups -OCH3 is 2. The van der Waals surface area contributed by atoms with E-state index in [2.05, 4.69) is 0 Å². The van der Waals surface area contributed by atoms with E-state index in [-0.39, 0.29) is 11.1 Å². The highest BCUT2D eigenvalue weighted by molar-refractivity contribution is 5.88. The molecule has 0 amide bonds. The number of carbonyl (C=O) groups is 1. The van der Waals surface area contributed by atoms with Gasteiger partial charge in [-0.3, -0.25) is 4.79 Å². The van der Waals surface area contributed by atoms with Gasteiger partial charge in [0.15, 0.2) is 16.9 Å². The first-order chi connectivity index (χ1) is 12.5. The maximum Gasteiger partial charge on any atom is 0.341 e. The van der Waals surface area contributed by atoms with Crippen molar-refractivity contribution in [2.24, 2.45) is 0 Å². The molecule has 0 saturated heterocycles. The number of nitrogens with zero attached hydrogens (tertiary/aromatic N) is 1. The summed E-state index contributed by atoms with van der Waals surface area (Å²) in [5.41, 5.74) is 1.92. The van der Waals surface area contributed by atoms with Crippen LogP contribution in [0.25, 0.3) is 11.3 Å². The van der Waals surface area contributed by atoms with Gasteiger partial charge < -0.3 is 19.1 Å². The molecule has 1 aliphatic heterocycles. The van der Waals surface area contributed by atoms with Crippen LogP contribution in [0.5, 0.6) is 11.5 Å². The third-order valence-electron chi connectivity index (χ3n) is 5.73. The van der Waals surface area contributed by atoms with Crippen LogP contribution in [-0.4, -0.2) is 29.9 Å². The van der Waals surface area contributed by atoms with Crippen molar-refractivity contribution in [1.82, 2.24) is 4.57 Å². The fourth-order valence-corrected chi connectivity index (χ4v) is 4.49. The molecule has 6 nitrogen and oxygen atoms in total. The first kappa shape index (κ1) is 16.7. The molecule has 1 saturated carbocycles. The maximum atomic E-state index is 12.4. The summed E-state index contributed by atoms with van der Waals surface area (Å²) in [5.74, 6) is 0.0730. The van der Waals surface area contributed by atoms with E-state index >= 15 is 0 Å². The molecule has 0 unspecified atom stereocenters. The molecular formula is C20H21NO5. The van der Waals surface area contributed by atoms with Gasteiger partial charge in [0.2, 0.25) is 0 Å². The summed E-state index contributed by atoms with van der Waals surface area (Å²) in [6.45, 7) is 0. The highest BCUT2D eigenvalue weighted by Crippen LogP contribution is 2.48. The van der Waals surface area contributed by atoms with E-state index in [1.807, 2.05) is 16.7 Å². The van der Waals surface area contributed by atoms with Gasteiger partial charge in [-0.25, -0.2) is 4.79 Å². The lowest BCUT2D eigenvalue weighted by atomic mass is 9.81. The third kappa shape index (κ3) is 2.32. The van der Waals surface area contributed by atoms with Gasteiger partial charge in [0.25, 0.3) is 0 Å². The number of hydrogen-bond acceptors (Lipinski definition) is 4. The number of pyridine rings is 1. The van der Waals surface area contributed by atoms with Gasteiger partial charge in [-0.05, 0) is 37.0 Å². The molecule has 0 bridgehead atoms. The number of rotatable bonds is 3. The lowest BCUT2D eigenvalue weighted by molar-refractivity contribution is 0.0693. The molecule has 2 heterocycles. The number of aromatic carboxylic acids is 1. The monoisotopic (exact) mass is 355 g/mol. The summed E-state index contributed by atoms with van der Waals surface area (Å²) in [6, 6.07) is 5.31. The summed E-state index contributed by atoms with van der Waals surface area (Å²) in [6.07, 6.45) is 6.45. The first-order valence-corrected chi connectivity index (χ1v) is 8.75. The number of aromatic nitrogens is 1. The lowest BCUT2D eigenvalue weighted by Gasteiger charge is -2.40. The first-order valence-electron chi connectivity index (χ1n) is 8.75. The zero-order valence-electron chi connectivity index (χ0n) is 14.9. The topological polar surface area (TPSA) is 77.8 Å². The standard InChI is InChI=1S/C20H21NO5/c1-25-17-7-12-10-20(5-3-4-6-20)21-11-14(19(23)24)16(22)9-15(21)13(12)8-18(17)26-2/h7-9,11H,3-6,10H2,1-2H3,(H,23,24). The van der Waals surface area contributed by atoms with Crippen LogP contribution in [0.1, 0.15) is 41.6 Å². The quantitative estimate of drug-likeness (QED) is 0.916. The van der Waals surface area contributed by atoms with E-state index in [1.165, 1.54) is 12.3 Å². The van der Waals surface area contributed by atoms with Gasteiger partial charge in [-0.15, -0.1) is 0 Å². The molecule has 1 N–H and O–H groups in total. The van der Waals surface area contributed by atoms with Crippen molar-refractivity contribution in [2.75, 3.05) is 14.2 Å². The smallest absolute Gasteiger partial charge is 0.341 e. The largest absolute Gasteiger partial charge is 0.493 e. The Morgan fingerprint density at radius 2 is 1.77 bits per heavy atom. The second kappa shape index (κ2) is 5.90. The van der Waals surface area contributed by atoms with Crippen LogP contribution in [0.2, 0.25) is 0 Å². The van der Waals surface area contributed by atoms with Crippen LogP contribution in [0.4, 0.5) is 0 Å². The van der Waals surface area contributed by atoms with Crippen molar-refractivity contribution < 1.29 is 19.4 Å². The Kier molecular flexibility index (Phi) is 3.79. The van der Waals surface area contributed by atoms with Crippen LogP contribution in [0, 0.1) is 0 Å². The summed E-state index contributed by atoms with van der Waals surface area (Å²) >= 11 is 0. The second-order valence-electron chi connectivity index (χ2n) is 7.08. The Labute approximate surface area is 151 Å². The summed E-state index contributed by atoms with van der Waals surface area (Å²) in [5, 5.41) is 9.39. The summed E-state index contributed by atoms with van der Waals surface area (Å²) < 4.78 is 12.9. The molecule has 1 aromatic carbocycles. The summed E-state index contributed by atoms with van der Waals surface area (Å²) in [7, 11) is 3.18. The predicted molar refractivity (Wildman–Crippen MR) is 96.3 cm³/mol. The van der Waals surface area contributed by atoms with Crippen LogP contribution < -0.4 is 14.9 Å². The normalized spacial score (nSPS) is 16.8. The molecular weight excluding hydrogens is 334 g/mol. The number of hydrogen-bond donors (Lipinski definition) is 1. The number of carboxylic acid groups (broad SMARTS) is 1. The fraction of sp³-hybridized carbons (Fsp3) is 0.400. The molecule has 26 heavy (non-hydrogen) atoms. The van der Waals surface area contributed by atoms with E-state index in [1.54, 1.807) is 14.2 Å². The highest BCUT2D eigenvalue weighted by Gasteiger charge is 2.41. The number of carboxylic acids is 1. The molecule has 4 rings (SSSR count). The molecule has 1 fully saturated rings. The van der Waals surface area contributed by atoms with Crippen LogP contribution in [0.15, 0.2) is 29.2 Å². The van der Waals surface area contributed by atoms with Gasteiger partial charge in [0, 0.05) is 23.4 Å². The minimum Gasteiger partial charge on any atom is -0.493 e. The van der Waals surface area contributed by atoms with Crippen molar-refractivity contribution in [1.29, 1.82) is 0 Å². The van der Waals surface area contributed by atoms with E-state index in [0.29, 0.717) is 11.5 Å². The Morgan fingerprint density at radius 1 is 1.12 bits per heavy atom. The predicted octanol–water partition coefficient (Wildman–Crippen LogP) is 3.06. The Bertz CT molecular complexity index is 953. The Hall–Kier alpha value is -2.76. The van der Waals surface area contributed by atoms with Crippen LogP contribution in [0.3, 0.4) is 0 Å². The minimum atomic E-state index is -1.18. The molecule has 2 aliphatic rings. The van der Waals surface area contributed by atoms with Crippen LogP contribution >= 0.6 is 0 Å². The van der Waals surface area contributed by atoms with Crippen molar-refractivity contribution in [3.8, 4) is 22.8 Å². The Balaban J connectivity index is 2.02. The van der Waals surface area contributed by atoms with E-state index in [4.69, 9.17) is 9.47 Å². The molecule has 136 valence electrons. The van der Waals surface area contributed by atoms with Gasteiger partial charge in [-0.1, -0.05) is 12.8 Å². The SMILES string of the molecule is COc1cc2c(cc1OC)-c1cc(=O)c(C(=O)O)cn1C1(CCCC1)C2. The fourth-order valence-electron chi connectivity index (χ4n) is 4.49. The van der Waals surface area contributed by atoms with Crippen molar-refractivity contribution in [3.05, 3.63) is 45.7 Å². The summed E-state index contributed by atoms with van der Waals surface area (Å²) in [4.78, 5) is 23.9. The van der Waals surface area contributed by atoms with E-state index in [0.717, 1.165) is 48.9 Å².